The molecule has 0 aliphatic rings. The van der Waals surface area contributed by atoms with E-state index in [0.717, 1.165) is 0 Å². The molecular formula is C10H11F3N2O2. The topological polar surface area (TPSA) is 65.2 Å². The molecule has 0 unspecified atom stereocenters. The third-order valence-electron chi connectivity index (χ3n) is 2.04. The fourth-order valence-electron chi connectivity index (χ4n) is 1.35. The van der Waals surface area contributed by atoms with Gasteiger partial charge in [-0.1, -0.05) is 0 Å². The van der Waals surface area contributed by atoms with Gasteiger partial charge < -0.3 is 10.5 Å². The van der Waals surface area contributed by atoms with Gasteiger partial charge in [-0.25, -0.2) is 18.0 Å². The smallest absolute Gasteiger partial charge is 0.341 e. The quantitative estimate of drug-likeness (QED) is 0.825. The molecule has 17 heavy (non-hydrogen) atoms. The number of pyridine rings is 1. The predicted octanol–water partition coefficient (Wildman–Crippen LogP) is 1.79. The molecule has 1 rings (SSSR count). The minimum Gasteiger partial charge on any atom is -0.462 e. The van der Waals surface area contributed by atoms with Crippen molar-refractivity contribution in [3.05, 3.63) is 28.8 Å². The molecule has 0 bridgehead atoms. The van der Waals surface area contributed by atoms with Crippen LogP contribution in [0.5, 0.6) is 0 Å². The molecule has 0 spiro atoms. The molecule has 1 aromatic rings. The summed E-state index contributed by atoms with van der Waals surface area (Å²) >= 11 is 0. The zero-order valence-electron chi connectivity index (χ0n) is 9.04. The highest BCUT2D eigenvalue weighted by atomic mass is 19.3. The van der Waals surface area contributed by atoms with Crippen molar-refractivity contribution in [1.29, 1.82) is 0 Å². The van der Waals surface area contributed by atoms with Crippen LogP contribution in [0, 0.1) is 5.82 Å². The van der Waals surface area contributed by atoms with Gasteiger partial charge in [0.05, 0.1) is 24.1 Å². The second-order valence-electron chi connectivity index (χ2n) is 3.07. The number of esters is 1. The lowest BCUT2D eigenvalue weighted by atomic mass is 10.1. The predicted molar refractivity (Wildman–Crippen MR) is 53.0 cm³/mol. The Morgan fingerprint density at radius 2 is 2.24 bits per heavy atom. The van der Waals surface area contributed by atoms with Crippen molar-refractivity contribution >= 4 is 5.97 Å². The van der Waals surface area contributed by atoms with Crippen LogP contribution >= 0.6 is 0 Å². The van der Waals surface area contributed by atoms with Gasteiger partial charge in [0.2, 0.25) is 0 Å². The van der Waals surface area contributed by atoms with Crippen LogP contribution in [-0.2, 0) is 11.3 Å². The Morgan fingerprint density at radius 3 is 2.71 bits per heavy atom. The third-order valence-corrected chi connectivity index (χ3v) is 2.04. The molecule has 0 aromatic carbocycles. The van der Waals surface area contributed by atoms with Crippen molar-refractivity contribution in [3.8, 4) is 0 Å². The van der Waals surface area contributed by atoms with Crippen LogP contribution in [0.2, 0.25) is 0 Å². The fourth-order valence-corrected chi connectivity index (χ4v) is 1.35. The highest BCUT2D eigenvalue weighted by Gasteiger charge is 2.27. The highest BCUT2D eigenvalue weighted by Crippen LogP contribution is 2.27. The molecule has 2 N–H and O–H groups in total. The Kier molecular flexibility index (Phi) is 4.45. The summed E-state index contributed by atoms with van der Waals surface area (Å²) in [6.45, 7) is 1.14. The van der Waals surface area contributed by atoms with Crippen molar-refractivity contribution in [2.45, 2.75) is 19.9 Å². The molecule has 0 saturated heterocycles. The summed E-state index contributed by atoms with van der Waals surface area (Å²) < 4.78 is 43.5. The SMILES string of the molecule is CCOC(=O)c1c(F)cnc(CN)c1C(F)F. The number of halogens is 3. The van der Waals surface area contributed by atoms with Crippen molar-refractivity contribution in [3.63, 3.8) is 0 Å². The van der Waals surface area contributed by atoms with E-state index in [1.807, 2.05) is 0 Å². The molecule has 7 heteroatoms. The van der Waals surface area contributed by atoms with Crippen LogP contribution in [0.4, 0.5) is 13.2 Å². The summed E-state index contributed by atoms with van der Waals surface area (Å²) in [5.74, 6) is -2.28. The fraction of sp³-hybridized carbons (Fsp3) is 0.400. The van der Waals surface area contributed by atoms with E-state index < -0.39 is 29.3 Å². The van der Waals surface area contributed by atoms with E-state index in [9.17, 15) is 18.0 Å². The molecule has 1 aromatic heterocycles. The van der Waals surface area contributed by atoms with Crippen molar-refractivity contribution in [2.75, 3.05) is 6.61 Å². The second kappa shape index (κ2) is 5.62. The Labute approximate surface area is 95.6 Å². The number of hydrogen-bond acceptors (Lipinski definition) is 4. The monoisotopic (exact) mass is 248 g/mol. The van der Waals surface area contributed by atoms with Gasteiger partial charge in [-0.05, 0) is 6.92 Å². The van der Waals surface area contributed by atoms with E-state index >= 15 is 0 Å². The Balaban J connectivity index is 3.38. The molecule has 4 nitrogen and oxygen atoms in total. The standard InChI is InChI=1S/C10H11F3N2O2/c1-2-17-10(16)7-5(11)4-15-6(3-14)8(7)9(12)13/h4,9H,2-3,14H2,1H3. The van der Waals surface area contributed by atoms with E-state index in [1.54, 1.807) is 0 Å². The van der Waals surface area contributed by atoms with Crippen molar-refractivity contribution in [2.24, 2.45) is 5.73 Å². The number of nitrogens with two attached hydrogens (primary N) is 1. The first-order chi connectivity index (χ1) is 8.02. The molecule has 0 saturated carbocycles. The van der Waals surface area contributed by atoms with E-state index in [1.165, 1.54) is 6.92 Å². The third kappa shape index (κ3) is 2.73. The molecule has 0 amide bonds. The van der Waals surface area contributed by atoms with E-state index in [0.29, 0.717) is 6.20 Å². The van der Waals surface area contributed by atoms with Crippen LogP contribution in [0.15, 0.2) is 6.20 Å². The first-order valence-electron chi connectivity index (χ1n) is 4.85. The normalized spacial score (nSPS) is 10.7. The maximum absolute atomic E-state index is 13.4. The molecule has 0 radical (unpaired) electrons. The molecule has 94 valence electrons. The highest BCUT2D eigenvalue weighted by molar-refractivity contribution is 5.91. The number of carbonyl (C=O) groups excluding carboxylic acids is 1. The molecular weight excluding hydrogens is 237 g/mol. The average Bonchev–Trinajstić information content (AvgIpc) is 2.28. The number of hydrogen-bond donors (Lipinski definition) is 1. The molecule has 1 heterocycles. The second-order valence-corrected chi connectivity index (χ2v) is 3.07. The van der Waals surface area contributed by atoms with Gasteiger partial charge in [0.25, 0.3) is 6.43 Å². The van der Waals surface area contributed by atoms with Crippen LogP contribution in [0.3, 0.4) is 0 Å². The van der Waals surface area contributed by atoms with Crippen LogP contribution in [0.25, 0.3) is 0 Å². The first kappa shape index (κ1) is 13.4. The van der Waals surface area contributed by atoms with Gasteiger partial charge in [-0.2, -0.15) is 0 Å². The van der Waals surface area contributed by atoms with Gasteiger partial charge in [-0.15, -0.1) is 0 Å². The largest absolute Gasteiger partial charge is 0.462 e. The molecule has 0 aliphatic heterocycles. The summed E-state index contributed by atoms with van der Waals surface area (Å²) in [7, 11) is 0. The minimum atomic E-state index is -3.05. The van der Waals surface area contributed by atoms with Gasteiger partial charge >= 0.3 is 5.97 Å². The van der Waals surface area contributed by atoms with E-state index in [4.69, 9.17) is 5.73 Å². The zero-order valence-corrected chi connectivity index (χ0v) is 9.04. The number of ether oxygens (including phenoxy) is 1. The van der Waals surface area contributed by atoms with E-state index in [2.05, 4.69) is 9.72 Å². The average molecular weight is 248 g/mol. The summed E-state index contributed by atoms with van der Waals surface area (Å²) in [5.41, 5.74) is 3.40. The number of alkyl halides is 2. The van der Waals surface area contributed by atoms with Crippen molar-refractivity contribution < 1.29 is 22.7 Å². The Morgan fingerprint density at radius 1 is 1.59 bits per heavy atom. The minimum absolute atomic E-state index is 0.0404. The number of carbonyl (C=O) groups is 1. The van der Waals surface area contributed by atoms with Gasteiger partial charge in [0, 0.05) is 6.54 Å². The van der Waals surface area contributed by atoms with Crippen LogP contribution in [-0.4, -0.2) is 17.6 Å². The first-order valence-corrected chi connectivity index (χ1v) is 4.85. The molecule has 0 aliphatic carbocycles. The van der Waals surface area contributed by atoms with Crippen molar-refractivity contribution in [1.82, 2.24) is 4.98 Å². The summed E-state index contributed by atoms with van der Waals surface area (Å²) in [4.78, 5) is 14.8. The van der Waals surface area contributed by atoms with Gasteiger partial charge in [0.1, 0.15) is 5.56 Å². The molecule has 0 atom stereocenters. The lowest BCUT2D eigenvalue weighted by molar-refractivity contribution is 0.0508. The number of nitrogens with zero attached hydrogens (tertiary/aromatic N) is 1. The summed E-state index contributed by atoms with van der Waals surface area (Å²) in [6, 6.07) is 0. The van der Waals surface area contributed by atoms with Gasteiger partial charge in [-0.3, -0.25) is 4.98 Å². The lowest BCUT2D eigenvalue weighted by Gasteiger charge is -2.12. The summed E-state index contributed by atoms with van der Waals surface area (Å²) in [5, 5.41) is 0. The zero-order chi connectivity index (χ0) is 13.0. The maximum atomic E-state index is 13.4. The van der Waals surface area contributed by atoms with Crippen LogP contribution < -0.4 is 5.73 Å². The Bertz CT molecular complexity index is 424. The number of aromatic nitrogens is 1. The summed E-state index contributed by atoms with van der Waals surface area (Å²) in [6.07, 6.45) is -2.36. The van der Waals surface area contributed by atoms with E-state index in [-0.39, 0.29) is 18.8 Å². The molecule has 0 fully saturated rings. The maximum Gasteiger partial charge on any atom is 0.341 e. The number of rotatable bonds is 4. The van der Waals surface area contributed by atoms with Gasteiger partial charge in [0.15, 0.2) is 5.82 Å². The lowest BCUT2D eigenvalue weighted by Crippen LogP contribution is -2.16. The Hall–Kier alpha value is -1.63. The van der Waals surface area contributed by atoms with Crippen LogP contribution in [0.1, 0.15) is 35.0 Å².